The largest absolute Gasteiger partial charge is 0.483 e. The molecule has 5 heteroatoms. The molecule has 2 atom stereocenters. The van der Waals surface area contributed by atoms with Crippen molar-refractivity contribution >= 4 is 31.9 Å². The van der Waals surface area contributed by atoms with Crippen molar-refractivity contribution in [3.8, 4) is 5.75 Å². The molecular weight excluding hydrogens is 389 g/mol. The third-order valence-corrected chi connectivity index (χ3v) is 3.95. The van der Waals surface area contributed by atoms with Gasteiger partial charge in [0.1, 0.15) is 17.7 Å². The summed E-state index contributed by atoms with van der Waals surface area (Å²) in [7, 11) is 0. The standard InChI is InChI=1S/C15H14Br2FNO/c1-9(19)15(11-4-2-3-5-13(11)18)20-14-7-6-10(16)8-12(14)17/h2-9,15H,19H2,1H3. The van der Waals surface area contributed by atoms with Crippen molar-refractivity contribution in [3.05, 3.63) is 62.8 Å². The number of hydrogen-bond donors (Lipinski definition) is 1. The summed E-state index contributed by atoms with van der Waals surface area (Å²) >= 11 is 6.80. The van der Waals surface area contributed by atoms with Gasteiger partial charge in [-0.25, -0.2) is 4.39 Å². The van der Waals surface area contributed by atoms with E-state index >= 15 is 0 Å². The lowest BCUT2D eigenvalue weighted by molar-refractivity contribution is 0.174. The Balaban J connectivity index is 2.33. The highest BCUT2D eigenvalue weighted by Gasteiger charge is 2.22. The fourth-order valence-electron chi connectivity index (χ4n) is 1.87. The Hall–Kier alpha value is -0.910. The first-order valence-electron chi connectivity index (χ1n) is 6.10. The molecule has 20 heavy (non-hydrogen) atoms. The SMILES string of the molecule is CC(N)C(Oc1ccc(Br)cc1Br)c1ccccc1F. The van der Waals surface area contributed by atoms with Gasteiger partial charge in [0.15, 0.2) is 0 Å². The van der Waals surface area contributed by atoms with E-state index in [2.05, 4.69) is 31.9 Å². The van der Waals surface area contributed by atoms with E-state index in [0.717, 1.165) is 8.95 Å². The lowest BCUT2D eigenvalue weighted by Gasteiger charge is -2.24. The van der Waals surface area contributed by atoms with Crippen LogP contribution in [0.15, 0.2) is 51.4 Å². The summed E-state index contributed by atoms with van der Waals surface area (Å²) in [5, 5.41) is 0. The Kier molecular flexibility index (Phi) is 5.18. The van der Waals surface area contributed by atoms with Crippen molar-refractivity contribution in [1.29, 1.82) is 0 Å². The van der Waals surface area contributed by atoms with Crippen molar-refractivity contribution in [3.63, 3.8) is 0 Å². The van der Waals surface area contributed by atoms with Gasteiger partial charge in [0.25, 0.3) is 0 Å². The summed E-state index contributed by atoms with van der Waals surface area (Å²) in [4.78, 5) is 0. The van der Waals surface area contributed by atoms with Crippen LogP contribution in [0.2, 0.25) is 0 Å². The number of benzene rings is 2. The first-order chi connectivity index (χ1) is 9.49. The van der Waals surface area contributed by atoms with Crippen LogP contribution in [-0.2, 0) is 0 Å². The van der Waals surface area contributed by atoms with Crippen molar-refractivity contribution in [2.75, 3.05) is 0 Å². The van der Waals surface area contributed by atoms with Crippen LogP contribution in [0.3, 0.4) is 0 Å². The zero-order chi connectivity index (χ0) is 14.7. The van der Waals surface area contributed by atoms with Gasteiger partial charge in [0.2, 0.25) is 0 Å². The van der Waals surface area contributed by atoms with E-state index in [-0.39, 0.29) is 11.9 Å². The Labute approximate surface area is 134 Å². The monoisotopic (exact) mass is 401 g/mol. The van der Waals surface area contributed by atoms with Crippen molar-refractivity contribution in [1.82, 2.24) is 0 Å². The molecule has 2 aromatic carbocycles. The molecule has 0 aromatic heterocycles. The Morgan fingerprint density at radius 2 is 1.85 bits per heavy atom. The van der Waals surface area contributed by atoms with Crippen molar-refractivity contribution in [2.45, 2.75) is 19.1 Å². The molecule has 0 aliphatic heterocycles. The summed E-state index contributed by atoms with van der Waals surface area (Å²) in [6, 6.07) is 11.7. The second kappa shape index (κ2) is 6.70. The average molecular weight is 403 g/mol. The second-order valence-corrected chi connectivity index (χ2v) is 6.26. The van der Waals surface area contributed by atoms with Crippen LogP contribution in [-0.4, -0.2) is 6.04 Å². The van der Waals surface area contributed by atoms with Crippen molar-refractivity contribution < 1.29 is 9.13 Å². The van der Waals surface area contributed by atoms with Crippen LogP contribution in [0.25, 0.3) is 0 Å². The van der Waals surface area contributed by atoms with Gasteiger partial charge >= 0.3 is 0 Å². The molecule has 0 aliphatic rings. The van der Waals surface area contributed by atoms with Gasteiger partial charge in [-0.1, -0.05) is 34.1 Å². The minimum absolute atomic E-state index is 0.317. The van der Waals surface area contributed by atoms with Gasteiger partial charge < -0.3 is 10.5 Å². The van der Waals surface area contributed by atoms with Gasteiger partial charge in [0, 0.05) is 16.1 Å². The van der Waals surface area contributed by atoms with Gasteiger partial charge in [-0.2, -0.15) is 0 Å². The van der Waals surface area contributed by atoms with Gasteiger partial charge in [-0.15, -0.1) is 0 Å². The molecule has 0 aliphatic carbocycles. The van der Waals surface area contributed by atoms with Gasteiger partial charge in [-0.3, -0.25) is 0 Å². The predicted octanol–water partition coefficient (Wildman–Crippen LogP) is 4.82. The van der Waals surface area contributed by atoms with E-state index in [4.69, 9.17) is 10.5 Å². The maximum atomic E-state index is 13.9. The molecular formula is C15H14Br2FNO. The molecule has 0 heterocycles. The molecule has 0 bridgehead atoms. The van der Waals surface area contributed by atoms with Gasteiger partial charge in [0.05, 0.1) is 4.47 Å². The number of ether oxygens (including phenoxy) is 1. The van der Waals surface area contributed by atoms with Crippen LogP contribution >= 0.6 is 31.9 Å². The van der Waals surface area contributed by atoms with E-state index in [1.165, 1.54) is 6.07 Å². The third-order valence-electron chi connectivity index (χ3n) is 2.84. The first kappa shape index (κ1) is 15.5. The third kappa shape index (κ3) is 3.59. The van der Waals surface area contributed by atoms with Crippen molar-refractivity contribution in [2.24, 2.45) is 5.73 Å². The number of hydrogen-bond acceptors (Lipinski definition) is 2. The van der Waals surface area contributed by atoms with E-state index in [9.17, 15) is 4.39 Å². The molecule has 0 saturated heterocycles. The van der Waals surface area contributed by atoms with Crippen LogP contribution in [0.1, 0.15) is 18.6 Å². The normalized spacial score (nSPS) is 13.8. The zero-order valence-electron chi connectivity index (χ0n) is 10.8. The molecule has 2 N–H and O–H groups in total. The highest BCUT2D eigenvalue weighted by Crippen LogP contribution is 2.33. The molecule has 2 rings (SSSR count). The molecule has 106 valence electrons. The molecule has 0 spiro atoms. The molecule has 2 unspecified atom stereocenters. The second-order valence-electron chi connectivity index (χ2n) is 4.49. The summed E-state index contributed by atoms with van der Waals surface area (Å²) in [6.45, 7) is 1.80. The summed E-state index contributed by atoms with van der Waals surface area (Å²) in [5.74, 6) is 0.307. The van der Waals surface area contributed by atoms with Crippen LogP contribution in [0.5, 0.6) is 5.75 Å². The quantitative estimate of drug-likeness (QED) is 0.795. The fourth-order valence-corrected chi connectivity index (χ4v) is 3.01. The fraction of sp³-hybridized carbons (Fsp3) is 0.200. The lowest BCUT2D eigenvalue weighted by atomic mass is 10.0. The van der Waals surface area contributed by atoms with Crippen LogP contribution < -0.4 is 10.5 Å². The summed E-state index contributed by atoms with van der Waals surface area (Å²) < 4.78 is 21.5. The maximum absolute atomic E-state index is 13.9. The molecule has 0 saturated carbocycles. The smallest absolute Gasteiger partial charge is 0.141 e. The average Bonchev–Trinajstić information content (AvgIpc) is 2.39. The molecule has 0 radical (unpaired) electrons. The highest BCUT2D eigenvalue weighted by molar-refractivity contribution is 9.11. The van der Waals surface area contributed by atoms with E-state index in [1.54, 1.807) is 25.1 Å². The summed E-state index contributed by atoms with van der Waals surface area (Å²) in [5.41, 5.74) is 6.41. The number of halogens is 3. The maximum Gasteiger partial charge on any atom is 0.141 e. The Bertz CT molecular complexity index is 604. The highest BCUT2D eigenvalue weighted by atomic mass is 79.9. The summed E-state index contributed by atoms with van der Waals surface area (Å²) in [6.07, 6.45) is -0.548. The van der Waals surface area contributed by atoms with Crippen LogP contribution in [0, 0.1) is 5.82 Å². The minimum Gasteiger partial charge on any atom is -0.483 e. The zero-order valence-corrected chi connectivity index (χ0v) is 14.0. The number of rotatable bonds is 4. The Morgan fingerprint density at radius 1 is 1.15 bits per heavy atom. The first-order valence-corrected chi connectivity index (χ1v) is 7.69. The van der Waals surface area contributed by atoms with E-state index in [1.807, 2.05) is 18.2 Å². The number of nitrogens with two attached hydrogens (primary N) is 1. The lowest BCUT2D eigenvalue weighted by Crippen LogP contribution is -2.29. The topological polar surface area (TPSA) is 35.2 Å². The van der Waals surface area contributed by atoms with Crippen LogP contribution in [0.4, 0.5) is 4.39 Å². The minimum atomic E-state index is -0.548. The van der Waals surface area contributed by atoms with Gasteiger partial charge in [-0.05, 0) is 47.1 Å². The van der Waals surface area contributed by atoms with E-state index < -0.39 is 6.10 Å². The van der Waals surface area contributed by atoms with E-state index in [0.29, 0.717) is 11.3 Å². The molecule has 2 aromatic rings. The Morgan fingerprint density at radius 3 is 2.45 bits per heavy atom. The molecule has 0 fully saturated rings. The predicted molar refractivity (Wildman–Crippen MR) is 85.3 cm³/mol. The molecule has 0 amide bonds. The molecule has 2 nitrogen and oxygen atoms in total.